The van der Waals surface area contributed by atoms with E-state index in [1.165, 1.54) is 0 Å². The summed E-state index contributed by atoms with van der Waals surface area (Å²) in [5, 5.41) is 0. The van der Waals surface area contributed by atoms with E-state index < -0.39 is 0 Å². The molecule has 0 atom stereocenters. The Balaban J connectivity index is 0. The van der Waals surface area contributed by atoms with E-state index in [2.05, 4.69) is 0 Å². The molecule has 32 N–H and O–H groups in total. The number of halogens is 1. The smallest absolute Gasteiger partial charge is 1.00 e. The monoisotopic (exact) mass is 633 g/mol. The van der Waals surface area contributed by atoms with Gasteiger partial charge in [-0.2, -0.15) is 0 Å². The normalized spacial score (nSPS) is 0. The molecule has 0 rings (SSSR count). The average Bonchev–Trinajstić information content (AvgIpc) is 0. The molecule has 0 aromatic rings. The first kappa shape index (κ1) is 5160. The van der Waals surface area contributed by atoms with Gasteiger partial charge in [0.2, 0.25) is 0 Å². The molecule has 162 valence electrons. The summed E-state index contributed by atoms with van der Waals surface area (Å²) in [6.07, 6.45) is 0. The van der Waals surface area contributed by atoms with Gasteiger partial charge in [0.05, 0.1) is 0 Å². The summed E-state index contributed by atoms with van der Waals surface area (Å²) in [4.78, 5) is 0. The van der Waals surface area contributed by atoms with Gasteiger partial charge in [0.15, 0.2) is 0 Å². The minimum absolute atomic E-state index is 0. The van der Waals surface area contributed by atoms with Gasteiger partial charge in [-0.3, -0.25) is 0 Å². The number of rotatable bonds is 0. The molecule has 0 amide bonds. The van der Waals surface area contributed by atoms with Gasteiger partial charge in [-0.1, -0.05) is 14.9 Å². The SMILES string of the molecule is C.C.O.O.[Cl-].[NH2-].[NH2-].[NH2-].[NH2-].[NH2-].[NH2-].[NH2-].[NH2-].[NH2-].[NH2-].[NH2-].[NH2-].[NH2-].[NH2-].[Ru+4].[Ru+5].[Ru+5]. The summed E-state index contributed by atoms with van der Waals surface area (Å²) in [6.45, 7) is 0. The third-order valence-corrected chi connectivity index (χ3v) is 0. The van der Waals surface area contributed by atoms with Gasteiger partial charge in [0, 0.05) is 0 Å². The standard InChI is InChI=1S/2CH4.ClH.14H2N.2H2O.3Ru/h2*1H4;1H;16*1H2;;;/q;;;14*-1;;;+4;2*+5/p-1. The largest absolute Gasteiger partial charge is 5.00 e. The van der Waals surface area contributed by atoms with Crippen LogP contribution in [0.1, 0.15) is 14.9 Å². The maximum atomic E-state index is 0. The van der Waals surface area contributed by atoms with Crippen LogP contribution < -0.4 is 12.4 Å². The minimum Gasteiger partial charge on any atom is -1.00 e. The molecular weight excluding hydrogens is 591 g/mol. The van der Waals surface area contributed by atoms with Gasteiger partial charge in [-0.05, 0) is 0 Å². The van der Waals surface area contributed by atoms with Crippen molar-refractivity contribution >= 4 is 0 Å². The molecule has 0 aliphatic carbocycles. The zero-order chi connectivity index (χ0) is 0. The molecule has 0 spiro atoms. The molecule has 0 heterocycles. The molecule has 22 heavy (non-hydrogen) atoms. The summed E-state index contributed by atoms with van der Waals surface area (Å²) in [5.74, 6) is 0. The molecule has 0 saturated heterocycles. The van der Waals surface area contributed by atoms with Crippen molar-refractivity contribution in [2.45, 2.75) is 14.9 Å². The minimum atomic E-state index is 0. The van der Waals surface area contributed by atoms with Crippen molar-refractivity contribution in [2.75, 3.05) is 0 Å². The maximum Gasteiger partial charge on any atom is 5.00 e. The van der Waals surface area contributed by atoms with Crippen molar-refractivity contribution in [2.24, 2.45) is 0 Å². The van der Waals surface area contributed by atoms with E-state index in [0.717, 1.165) is 0 Å². The second kappa shape index (κ2) is 4510. The molecule has 0 bridgehead atoms. The fraction of sp³-hybridized carbons (Fsp3) is 1.00. The zero-order valence-corrected chi connectivity index (χ0v) is 16.5. The van der Waals surface area contributed by atoms with Crippen molar-refractivity contribution in [1.82, 2.24) is 0 Å². The van der Waals surface area contributed by atoms with Crippen molar-refractivity contribution in [1.29, 1.82) is 0 Å². The first-order valence-electron chi connectivity index (χ1n) is 0. The van der Waals surface area contributed by atoms with E-state index in [1.807, 2.05) is 0 Å². The number of hydrogen-bond donors (Lipinski definition) is 0. The number of hydrogen-bond acceptors (Lipinski definition) is 0. The van der Waals surface area contributed by atoms with Crippen molar-refractivity contribution in [3.05, 3.63) is 86.1 Å². The fourth-order valence-corrected chi connectivity index (χ4v) is 0. The Bertz CT molecular complexity index is 36.0. The molecule has 0 aliphatic rings. The van der Waals surface area contributed by atoms with Crippen LogP contribution >= 0.6 is 0 Å². The molecule has 2 radical (unpaired) electrons. The molecule has 16 nitrogen and oxygen atoms in total. The topological polar surface area (TPSA) is 532 Å². The van der Waals surface area contributed by atoms with Crippen LogP contribution in [0.4, 0.5) is 0 Å². The van der Waals surface area contributed by atoms with E-state index in [-0.39, 0.29) is 183 Å². The van der Waals surface area contributed by atoms with Crippen LogP contribution in [0.2, 0.25) is 0 Å². The molecular formula is C2H40ClN14O2Ru3-. The molecule has 0 aromatic heterocycles. The van der Waals surface area contributed by atoms with Gasteiger partial charge >= 0.3 is 58.4 Å². The van der Waals surface area contributed by atoms with Gasteiger partial charge in [0.25, 0.3) is 0 Å². The van der Waals surface area contributed by atoms with Crippen LogP contribution in [0.3, 0.4) is 0 Å². The molecule has 0 saturated carbocycles. The fourth-order valence-electron chi connectivity index (χ4n) is 0. The van der Waals surface area contributed by atoms with E-state index in [9.17, 15) is 0 Å². The van der Waals surface area contributed by atoms with Crippen molar-refractivity contribution < 1.29 is 81.8 Å². The Labute approximate surface area is 182 Å². The Morgan fingerprint density at radius 3 is 0.273 bits per heavy atom. The third-order valence-electron chi connectivity index (χ3n) is 0. The van der Waals surface area contributed by atoms with Gasteiger partial charge in [-0.25, -0.2) is 0 Å². The van der Waals surface area contributed by atoms with E-state index in [0.29, 0.717) is 0 Å². The van der Waals surface area contributed by atoms with Crippen LogP contribution in [-0.2, 0) is 58.4 Å². The Morgan fingerprint density at radius 2 is 0.273 bits per heavy atom. The summed E-state index contributed by atoms with van der Waals surface area (Å²) >= 11 is 0. The summed E-state index contributed by atoms with van der Waals surface area (Å²) in [6, 6.07) is 0. The quantitative estimate of drug-likeness (QED) is 0.253. The van der Waals surface area contributed by atoms with Gasteiger partial charge in [-0.15, -0.1) is 0 Å². The zero-order valence-electron chi connectivity index (χ0n) is 10.5. The first-order valence-corrected chi connectivity index (χ1v) is 0. The summed E-state index contributed by atoms with van der Waals surface area (Å²) in [7, 11) is 0. The third kappa shape index (κ3) is 3920. The van der Waals surface area contributed by atoms with Crippen LogP contribution in [-0.4, -0.2) is 11.0 Å². The Hall–Kier alpha value is 1.52. The van der Waals surface area contributed by atoms with Crippen molar-refractivity contribution in [3.8, 4) is 0 Å². The van der Waals surface area contributed by atoms with Crippen LogP contribution in [0.15, 0.2) is 0 Å². The molecule has 0 aromatic carbocycles. The Kier molecular flexibility index (Phi) is 1060000. The van der Waals surface area contributed by atoms with Gasteiger partial charge < -0.3 is 109 Å². The number of nitrogens with two attached hydrogens (primary N) is 14. The second-order valence-corrected chi connectivity index (χ2v) is 0. The Morgan fingerprint density at radius 1 is 0.273 bits per heavy atom. The van der Waals surface area contributed by atoms with Crippen LogP contribution in [0.25, 0.3) is 86.1 Å². The average molecular weight is 631 g/mol. The van der Waals surface area contributed by atoms with Crippen LogP contribution in [0.5, 0.6) is 0 Å². The molecule has 0 unspecified atom stereocenters. The predicted molar refractivity (Wildman–Crippen MR) is 94.7 cm³/mol. The van der Waals surface area contributed by atoms with E-state index in [1.54, 1.807) is 0 Å². The van der Waals surface area contributed by atoms with Gasteiger partial charge in [0.1, 0.15) is 0 Å². The molecule has 0 fully saturated rings. The summed E-state index contributed by atoms with van der Waals surface area (Å²) < 4.78 is 0. The van der Waals surface area contributed by atoms with Crippen molar-refractivity contribution in [3.63, 3.8) is 0 Å². The second-order valence-electron chi connectivity index (χ2n) is 0. The first-order chi connectivity index (χ1) is 0. The summed E-state index contributed by atoms with van der Waals surface area (Å²) in [5.41, 5.74) is 0. The molecule has 0 aliphatic heterocycles. The van der Waals surface area contributed by atoms with Crippen LogP contribution in [0, 0.1) is 0 Å². The predicted octanol–water partition coefficient (Wildman–Crippen LogP) is 6.66. The van der Waals surface area contributed by atoms with E-state index in [4.69, 9.17) is 0 Å². The molecule has 20 heteroatoms. The maximum absolute atomic E-state index is 0. The van der Waals surface area contributed by atoms with E-state index >= 15 is 0 Å².